The number of quaternary nitrogens is 1. The van der Waals surface area contributed by atoms with Gasteiger partial charge in [0.25, 0.3) is 0 Å². The Hall–Kier alpha value is -0.120. The Bertz CT molecular complexity index is 136. The molecule has 1 unspecified atom stereocenters. The van der Waals surface area contributed by atoms with Gasteiger partial charge in [-0.25, -0.2) is 4.79 Å². The molecule has 0 fully saturated rings. The lowest BCUT2D eigenvalue weighted by atomic mass is 10.2. The zero-order valence-corrected chi connectivity index (χ0v) is 8.22. The summed E-state index contributed by atoms with van der Waals surface area (Å²) in [5.41, 5.74) is 0. The molecule has 11 heavy (non-hydrogen) atoms. The van der Waals surface area contributed by atoms with Crippen LogP contribution >= 0.6 is 0 Å². The second-order valence-electron chi connectivity index (χ2n) is 3.09. The van der Waals surface area contributed by atoms with E-state index >= 15 is 0 Å². The zero-order valence-electron chi connectivity index (χ0n) is 7.47. The van der Waals surface area contributed by atoms with E-state index in [4.69, 9.17) is 5.11 Å². The normalized spacial score (nSPS) is 13.5. The number of amides is 1. The van der Waals surface area contributed by atoms with Crippen LogP contribution in [-0.4, -0.2) is 42.2 Å². The van der Waals surface area contributed by atoms with Crippen LogP contribution in [0.4, 0.5) is 0 Å². The van der Waals surface area contributed by atoms with Crippen molar-refractivity contribution < 1.29 is 26.8 Å². The lowest BCUT2D eigenvalue weighted by Crippen LogP contribution is -3.00. The first-order valence-corrected chi connectivity index (χ1v) is 3.38. The maximum Gasteiger partial charge on any atom is 0.310 e. The van der Waals surface area contributed by atoms with Gasteiger partial charge in [0.1, 0.15) is 6.04 Å². The van der Waals surface area contributed by atoms with E-state index in [9.17, 15) is 4.79 Å². The third-order valence-electron chi connectivity index (χ3n) is 2.18. The first-order chi connectivity index (χ1) is 4.42. The minimum absolute atomic E-state index is 0. The third-order valence-corrected chi connectivity index (χ3v) is 2.18. The van der Waals surface area contributed by atoms with Crippen molar-refractivity contribution in [2.45, 2.75) is 19.9 Å². The summed E-state index contributed by atoms with van der Waals surface area (Å²) < 4.78 is 0.247. The first kappa shape index (κ1) is 13.5. The maximum absolute atomic E-state index is 10.9. The van der Waals surface area contributed by atoms with Gasteiger partial charge in [-0.3, -0.25) is 4.48 Å². The second-order valence-corrected chi connectivity index (χ2v) is 3.09. The molecule has 1 amide bonds. The third kappa shape index (κ3) is 3.18. The Balaban J connectivity index is 0. The Labute approximate surface area is 74.0 Å². The minimum atomic E-state index is -0.0162. The van der Waals surface area contributed by atoms with E-state index in [1.54, 1.807) is 14.1 Å². The van der Waals surface area contributed by atoms with Gasteiger partial charge < -0.3 is 17.5 Å². The topological polar surface area (TPSA) is 37.3 Å². The molecule has 0 rings (SSSR count). The highest BCUT2D eigenvalue weighted by molar-refractivity contribution is 5.65. The summed E-state index contributed by atoms with van der Waals surface area (Å²) in [4.78, 5) is 10.9. The van der Waals surface area contributed by atoms with Crippen LogP contribution in [0.2, 0.25) is 0 Å². The van der Waals surface area contributed by atoms with Crippen molar-refractivity contribution in [2.24, 2.45) is 0 Å². The summed E-state index contributed by atoms with van der Waals surface area (Å²) in [6.45, 7) is 3.43. The molecule has 0 bridgehead atoms. The molecule has 0 saturated heterocycles. The number of nitrogens with zero attached hydrogens (tertiary/aromatic N) is 1. The lowest BCUT2D eigenvalue weighted by molar-refractivity contribution is -0.838. The van der Waals surface area contributed by atoms with Crippen molar-refractivity contribution in [3.63, 3.8) is 0 Å². The van der Waals surface area contributed by atoms with E-state index in [1.807, 2.05) is 6.92 Å². The molecular formula is C7H16ClNO2. The summed E-state index contributed by atoms with van der Waals surface area (Å²) in [7, 11) is 3.59. The predicted octanol–water partition coefficient (Wildman–Crippen LogP) is -3.01. The van der Waals surface area contributed by atoms with Crippen molar-refractivity contribution in [3.8, 4) is 0 Å². The summed E-state index contributed by atoms with van der Waals surface area (Å²) in [6.07, 6.45) is 0. The fraction of sp³-hybridized carbons (Fsp3) is 0.857. The highest BCUT2D eigenvalue weighted by atomic mass is 35.5. The highest BCUT2D eigenvalue weighted by Crippen LogP contribution is 2.05. The van der Waals surface area contributed by atoms with E-state index in [1.165, 1.54) is 6.92 Å². The van der Waals surface area contributed by atoms with Crippen LogP contribution in [0.15, 0.2) is 0 Å². The summed E-state index contributed by atoms with van der Waals surface area (Å²) in [5, 5.41) is 8.75. The van der Waals surface area contributed by atoms with Gasteiger partial charge in [0.2, 0.25) is 0 Å². The predicted molar refractivity (Wildman–Crippen MR) is 39.3 cm³/mol. The molecule has 0 spiro atoms. The molecule has 1 atom stereocenters. The summed E-state index contributed by atoms with van der Waals surface area (Å²) >= 11 is 0. The van der Waals surface area contributed by atoms with E-state index in [-0.39, 0.29) is 35.4 Å². The number of hydrogen-bond acceptors (Lipinski definition) is 2. The zero-order chi connectivity index (χ0) is 8.36. The average molecular weight is 182 g/mol. The van der Waals surface area contributed by atoms with E-state index in [2.05, 4.69) is 0 Å². The van der Waals surface area contributed by atoms with Crippen LogP contribution < -0.4 is 12.4 Å². The fourth-order valence-corrected chi connectivity index (χ4v) is 0.514. The standard InChI is InChI=1S/C7H16NO2.ClH/c1-6(5-9)8(3,4)7(2)10;/h6,9H,5H2,1-4H3;1H/q+1;/p-1. The fourth-order valence-electron chi connectivity index (χ4n) is 0.514. The van der Waals surface area contributed by atoms with Crippen molar-refractivity contribution in [3.05, 3.63) is 0 Å². The number of likely N-dealkylation sites (N-methyl/N-ethyl adjacent to an activating group) is 1. The average Bonchev–Trinajstić information content (AvgIpc) is 1.86. The van der Waals surface area contributed by atoms with Gasteiger partial charge in [0.15, 0.2) is 0 Å². The van der Waals surface area contributed by atoms with Gasteiger partial charge in [-0.15, -0.1) is 0 Å². The molecule has 1 N–H and O–H groups in total. The minimum Gasteiger partial charge on any atom is -1.00 e. The quantitative estimate of drug-likeness (QED) is 0.461. The molecule has 0 saturated carbocycles. The van der Waals surface area contributed by atoms with Crippen molar-refractivity contribution in [2.75, 3.05) is 20.7 Å². The Morgan fingerprint density at radius 2 is 1.91 bits per heavy atom. The number of carbonyl (C=O) groups is 1. The van der Waals surface area contributed by atoms with Gasteiger partial charge in [-0.05, 0) is 6.92 Å². The van der Waals surface area contributed by atoms with Crippen molar-refractivity contribution in [1.29, 1.82) is 0 Å². The van der Waals surface area contributed by atoms with Gasteiger partial charge in [0.05, 0.1) is 27.6 Å². The number of hydrogen-bond donors (Lipinski definition) is 1. The van der Waals surface area contributed by atoms with Gasteiger partial charge in [-0.1, -0.05) is 0 Å². The molecule has 0 aliphatic rings. The van der Waals surface area contributed by atoms with Crippen molar-refractivity contribution in [1.82, 2.24) is 0 Å². The molecule has 0 radical (unpaired) electrons. The second kappa shape index (κ2) is 4.70. The van der Waals surface area contributed by atoms with Crippen LogP contribution in [0, 0.1) is 0 Å². The molecule has 68 valence electrons. The van der Waals surface area contributed by atoms with Crippen LogP contribution in [0.3, 0.4) is 0 Å². The molecular weight excluding hydrogens is 166 g/mol. The molecule has 0 heterocycles. The molecule has 3 nitrogen and oxygen atoms in total. The molecule has 0 aliphatic heterocycles. The molecule has 0 aromatic rings. The first-order valence-electron chi connectivity index (χ1n) is 3.38. The molecule has 0 aliphatic carbocycles. The number of aliphatic hydroxyl groups excluding tert-OH is 1. The van der Waals surface area contributed by atoms with E-state index in [0.717, 1.165) is 0 Å². The number of carbonyl (C=O) groups excluding carboxylic acids is 1. The van der Waals surface area contributed by atoms with E-state index in [0.29, 0.717) is 0 Å². The number of halogens is 1. The Morgan fingerprint density at radius 1 is 1.55 bits per heavy atom. The largest absolute Gasteiger partial charge is 1.00 e. The van der Waals surface area contributed by atoms with Gasteiger partial charge >= 0.3 is 5.91 Å². The van der Waals surface area contributed by atoms with Crippen molar-refractivity contribution >= 4 is 5.91 Å². The molecule has 4 heteroatoms. The number of rotatable bonds is 2. The van der Waals surface area contributed by atoms with Crippen LogP contribution in [-0.2, 0) is 4.79 Å². The lowest BCUT2D eigenvalue weighted by Gasteiger charge is -2.30. The van der Waals surface area contributed by atoms with Crippen LogP contribution in [0.25, 0.3) is 0 Å². The van der Waals surface area contributed by atoms with Gasteiger partial charge in [0, 0.05) is 0 Å². The highest BCUT2D eigenvalue weighted by Gasteiger charge is 2.28. The summed E-state index contributed by atoms with van der Waals surface area (Å²) in [6, 6.07) is -0.0162. The SMILES string of the molecule is CC(=O)[N+](C)(C)C(C)CO.[Cl-]. The Kier molecular flexibility index (Phi) is 5.75. The van der Waals surface area contributed by atoms with Crippen LogP contribution in [0.5, 0.6) is 0 Å². The monoisotopic (exact) mass is 181 g/mol. The smallest absolute Gasteiger partial charge is 0.310 e. The Morgan fingerprint density at radius 3 is 2.00 bits per heavy atom. The number of aliphatic hydroxyl groups is 1. The van der Waals surface area contributed by atoms with Crippen LogP contribution in [0.1, 0.15) is 13.8 Å². The summed E-state index contributed by atoms with van der Waals surface area (Å²) in [5.74, 6) is 0.0709. The molecule has 0 aromatic carbocycles. The van der Waals surface area contributed by atoms with Gasteiger partial charge in [-0.2, -0.15) is 0 Å². The maximum atomic E-state index is 10.9. The van der Waals surface area contributed by atoms with E-state index < -0.39 is 0 Å². The molecule has 0 aromatic heterocycles.